The standard InChI is InChI=1S/C14H24N2O4S/c1-11(15-2)12-6-5-7-14(8-12)21(18,19)16(3)9-13(17)10-20-4/h5-8,11,13,15,17H,9-10H2,1-4H3. The van der Waals surface area contributed by atoms with Crippen molar-refractivity contribution in [2.24, 2.45) is 0 Å². The Balaban J connectivity index is 2.96. The molecule has 0 fully saturated rings. The number of likely N-dealkylation sites (N-methyl/N-ethyl adjacent to an activating group) is 1. The SMILES string of the molecule is CNC(C)c1cccc(S(=O)(=O)N(C)CC(O)COC)c1. The Hall–Kier alpha value is -0.990. The first-order chi connectivity index (χ1) is 9.82. The van der Waals surface area contributed by atoms with E-state index in [1.54, 1.807) is 18.2 Å². The molecule has 1 aromatic rings. The zero-order valence-corrected chi connectivity index (χ0v) is 13.7. The monoisotopic (exact) mass is 316 g/mol. The fourth-order valence-electron chi connectivity index (χ4n) is 1.93. The van der Waals surface area contributed by atoms with Crippen molar-refractivity contribution in [3.8, 4) is 0 Å². The number of ether oxygens (including phenoxy) is 1. The Morgan fingerprint density at radius 2 is 2.10 bits per heavy atom. The smallest absolute Gasteiger partial charge is 0.242 e. The lowest BCUT2D eigenvalue weighted by molar-refractivity contribution is 0.0554. The average Bonchev–Trinajstić information content (AvgIpc) is 2.46. The summed E-state index contributed by atoms with van der Waals surface area (Å²) in [6.07, 6.45) is -0.853. The highest BCUT2D eigenvalue weighted by Gasteiger charge is 2.23. The maximum Gasteiger partial charge on any atom is 0.242 e. The molecule has 2 atom stereocenters. The van der Waals surface area contributed by atoms with Gasteiger partial charge in [-0.25, -0.2) is 8.42 Å². The van der Waals surface area contributed by atoms with Gasteiger partial charge in [0, 0.05) is 26.7 Å². The maximum absolute atomic E-state index is 12.5. The number of nitrogens with zero attached hydrogens (tertiary/aromatic N) is 1. The Morgan fingerprint density at radius 3 is 2.67 bits per heavy atom. The summed E-state index contributed by atoms with van der Waals surface area (Å²) in [4.78, 5) is 0.217. The van der Waals surface area contributed by atoms with Crippen molar-refractivity contribution in [2.45, 2.75) is 24.0 Å². The van der Waals surface area contributed by atoms with Gasteiger partial charge in [0.05, 0.1) is 17.6 Å². The molecular formula is C14H24N2O4S. The summed E-state index contributed by atoms with van der Waals surface area (Å²) in [5.74, 6) is 0. The summed E-state index contributed by atoms with van der Waals surface area (Å²) in [7, 11) is 1.10. The molecule has 1 rings (SSSR count). The third-order valence-corrected chi connectivity index (χ3v) is 5.15. The first-order valence-corrected chi connectivity index (χ1v) is 8.17. The molecule has 0 aliphatic carbocycles. The molecule has 0 aliphatic heterocycles. The second-order valence-corrected chi connectivity index (χ2v) is 7.02. The van der Waals surface area contributed by atoms with Crippen LogP contribution in [-0.4, -0.2) is 58.3 Å². The van der Waals surface area contributed by atoms with Crippen molar-refractivity contribution in [1.29, 1.82) is 0 Å². The normalized spacial score (nSPS) is 15.1. The highest BCUT2D eigenvalue weighted by atomic mass is 32.2. The summed E-state index contributed by atoms with van der Waals surface area (Å²) in [5.41, 5.74) is 0.893. The van der Waals surface area contributed by atoms with Crippen LogP contribution >= 0.6 is 0 Å². The lowest BCUT2D eigenvalue weighted by Gasteiger charge is -2.21. The van der Waals surface area contributed by atoms with E-state index in [-0.39, 0.29) is 24.1 Å². The summed E-state index contributed by atoms with van der Waals surface area (Å²) < 4.78 is 30.9. The van der Waals surface area contributed by atoms with E-state index >= 15 is 0 Å². The van der Waals surface area contributed by atoms with Gasteiger partial charge < -0.3 is 15.2 Å². The van der Waals surface area contributed by atoms with E-state index in [1.807, 2.05) is 20.0 Å². The molecule has 21 heavy (non-hydrogen) atoms. The minimum Gasteiger partial charge on any atom is -0.389 e. The van der Waals surface area contributed by atoms with Gasteiger partial charge in [0.1, 0.15) is 0 Å². The predicted octanol–water partition coefficient (Wildman–Crippen LogP) is 0.595. The number of aliphatic hydroxyl groups excluding tert-OH is 1. The number of hydrogen-bond donors (Lipinski definition) is 2. The first-order valence-electron chi connectivity index (χ1n) is 6.73. The number of aliphatic hydroxyl groups is 1. The third kappa shape index (κ3) is 4.76. The quantitative estimate of drug-likeness (QED) is 0.734. The van der Waals surface area contributed by atoms with Crippen molar-refractivity contribution in [1.82, 2.24) is 9.62 Å². The van der Waals surface area contributed by atoms with Gasteiger partial charge in [-0.05, 0) is 31.7 Å². The Labute approximate surface area is 126 Å². The van der Waals surface area contributed by atoms with Crippen LogP contribution in [0.1, 0.15) is 18.5 Å². The van der Waals surface area contributed by atoms with Crippen LogP contribution in [-0.2, 0) is 14.8 Å². The lowest BCUT2D eigenvalue weighted by atomic mass is 10.1. The molecule has 0 saturated heterocycles. The molecule has 6 nitrogen and oxygen atoms in total. The maximum atomic E-state index is 12.5. The summed E-state index contributed by atoms with van der Waals surface area (Å²) >= 11 is 0. The largest absolute Gasteiger partial charge is 0.389 e. The number of benzene rings is 1. The first kappa shape index (κ1) is 18.1. The van der Waals surface area contributed by atoms with E-state index in [1.165, 1.54) is 14.2 Å². The fourth-order valence-corrected chi connectivity index (χ4v) is 3.19. The second kappa shape index (κ2) is 7.86. The van der Waals surface area contributed by atoms with Gasteiger partial charge >= 0.3 is 0 Å². The number of methoxy groups -OCH3 is 1. The van der Waals surface area contributed by atoms with E-state index in [0.717, 1.165) is 9.87 Å². The van der Waals surface area contributed by atoms with Crippen molar-refractivity contribution in [2.75, 3.05) is 34.4 Å². The number of hydrogen-bond acceptors (Lipinski definition) is 5. The minimum atomic E-state index is -3.63. The van der Waals surface area contributed by atoms with Gasteiger partial charge in [-0.1, -0.05) is 12.1 Å². The highest BCUT2D eigenvalue weighted by Crippen LogP contribution is 2.20. The van der Waals surface area contributed by atoms with Crippen LogP contribution in [0.4, 0.5) is 0 Å². The van der Waals surface area contributed by atoms with Crippen molar-refractivity contribution in [3.05, 3.63) is 29.8 Å². The summed E-state index contributed by atoms with van der Waals surface area (Å²) in [6.45, 7) is 2.04. The second-order valence-electron chi connectivity index (χ2n) is 4.98. The molecule has 2 N–H and O–H groups in total. The molecule has 0 radical (unpaired) electrons. The Bertz CT molecular complexity index is 548. The van der Waals surface area contributed by atoms with Gasteiger partial charge in [0.25, 0.3) is 0 Å². The summed E-state index contributed by atoms with van der Waals surface area (Å²) in [6, 6.07) is 6.86. The van der Waals surface area contributed by atoms with Crippen LogP contribution in [0, 0.1) is 0 Å². The molecule has 1 aromatic carbocycles. The molecule has 0 heterocycles. The van der Waals surface area contributed by atoms with Gasteiger partial charge in [-0.2, -0.15) is 4.31 Å². The Kier molecular flexibility index (Phi) is 6.76. The van der Waals surface area contributed by atoms with Crippen molar-refractivity contribution >= 4 is 10.0 Å². The van der Waals surface area contributed by atoms with Crippen molar-refractivity contribution in [3.63, 3.8) is 0 Å². The topological polar surface area (TPSA) is 78.9 Å². The van der Waals surface area contributed by atoms with E-state index in [2.05, 4.69) is 5.32 Å². The number of nitrogens with one attached hydrogen (secondary N) is 1. The van der Waals surface area contributed by atoms with Crippen LogP contribution < -0.4 is 5.32 Å². The van der Waals surface area contributed by atoms with Crippen LogP contribution in [0.25, 0.3) is 0 Å². The van der Waals surface area contributed by atoms with E-state index in [0.29, 0.717) is 0 Å². The van der Waals surface area contributed by atoms with Crippen LogP contribution in [0.3, 0.4) is 0 Å². The molecule has 0 bridgehead atoms. The van der Waals surface area contributed by atoms with E-state index in [4.69, 9.17) is 4.74 Å². The highest BCUT2D eigenvalue weighted by molar-refractivity contribution is 7.89. The minimum absolute atomic E-state index is 0.0119. The predicted molar refractivity (Wildman–Crippen MR) is 81.6 cm³/mol. The van der Waals surface area contributed by atoms with Gasteiger partial charge in [0.2, 0.25) is 10.0 Å². The molecule has 0 spiro atoms. The molecule has 120 valence electrons. The number of rotatable bonds is 8. The molecule has 0 aliphatic rings. The molecule has 2 unspecified atom stereocenters. The lowest BCUT2D eigenvalue weighted by Crippen LogP contribution is -2.36. The van der Waals surface area contributed by atoms with E-state index in [9.17, 15) is 13.5 Å². The fraction of sp³-hybridized carbons (Fsp3) is 0.571. The van der Waals surface area contributed by atoms with Crippen LogP contribution in [0.2, 0.25) is 0 Å². The van der Waals surface area contributed by atoms with Crippen molar-refractivity contribution < 1.29 is 18.3 Å². The van der Waals surface area contributed by atoms with Crippen LogP contribution in [0.15, 0.2) is 29.2 Å². The number of sulfonamides is 1. The molecule has 0 aromatic heterocycles. The van der Waals surface area contributed by atoms with Gasteiger partial charge in [0.15, 0.2) is 0 Å². The molecule has 0 saturated carbocycles. The van der Waals surface area contributed by atoms with E-state index < -0.39 is 16.1 Å². The molecule has 7 heteroatoms. The average molecular weight is 316 g/mol. The van der Waals surface area contributed by atoms with Crippen LogP contribution in [0.5, 0.6) is 0 Å². The Morgan fingerprint density at radius 1 is 1.43 bits per heavy atom. The molecule has 0 amide bonds. The summed E-state index contributed by atoms with van der Waals surface area (Å²) in [5, 5.41) is 12.7. The third-order valence-electron chi connectivity index (χ3n) is 3.33. The zero-order chi connectivity index (χ0) is 16.0. The van der Waals surface area contributed by atoms with Gasteiger partial charge in [-0.3, -0.25) is 0 Å². The zero-order valence-electron chi connectivity index (χ0n) is 12.9. The van der Waals surface area contributed by atoms with Gasteiger partial charge in [-0.15, -0.1) is 0 Å². The molecular weight excluding hydrogens is 292 g/mol.